The molecule has 1 heterocycles. The molecule has 1 aromatic heterocycles. The maximum atomic E-state index is 4.37. The quantitative estimate of drug-likeness (QED) is 0.846. The molecule has 0 aliphatic rings. The molecule has 0 amide bonds. The van der Waals surface area contributed by atoms with E-state index in [1.807, 2.05) is 0 Å². The molecule has 0 saturated carbocycles. The summed E-state index contributed by atoms with van der Waals surface area (Å²) in [4.78, 5) is 0. The second-order valence-electron chi connectivity index (χ2n) is 5.75. The Balaban J connectivity index is 2.36. The standard InChI is InChI=1S/C15H22N2/c1-10(2)7-12-5-6-14-13(9-12)15(17-16-14)8-11(3)4/h5-6,9-11H,7-8H2,1-4H3,(H,16,17). The number of benzene rings is 1. The van der Waals surface area contributed by atoms with E-state index in [1.54, 1.807) is 0 Å². The van der Waals surface area contributed by atoms with Gasteiger partial charge >= 0.3 is 0 Å². The van der Waals surface area contributed by atoms with E-state index in [0.717, 1.165) is 18.4 Å². The number of aromatic nitrogens is 2. The molecule has 0 atom stereocenters. The van der Waals surface area contributed by atoms with Crippen LogP contribution in [-0.4, -0.2) is 10.2 Å². The molecule has 1 N–H and O–H groups in total. The van der Waals surface area contributed by atoms with Crippen molar-refractivity contribution in [1.82, 2.24) is 10.2 Å². The van der Waals surface area contributed by atoms with Gasteiger partial charge in [0, 0.05) is 11.1 Å². The second kappa shape index (κ2) is 4.91. The molecule has 2 aromatic rings. The van der Waals surface area contributed by atoms with Crippen molar-refractivity contribution in [3.05, 3.63) is 29.5 Å². The van der Waals surface area contributed by atoms with Crippen molar-refractivity contribution in [2.75, 3.05) is 0 Å². The van der Waals surface area contributed by atoms with Crippen LogP contribution >= 0.6 is 0 Å². The zero-order valence-corrected chi connectivity index (χ0v) is 11.2. The third kappa shape index (κ3) is 2.87. The second-order valence-corrected chi connectivity index (χ2v) is 5.75. The molecule has 1 aromatic carbocycles. The first-order chi connectivity index (χ1) is 8.06. The van der Waals surface area contributed by atoms with Crippen LogP contribution in [-0.2, 0) is 12.8 Å². The smallest absolute Gasteiger partial charge is 0.0923 e. The van der Waals surface area contributed by atoms with Crippen LogP contribution in [0.15, 0.2) is 18.2 Å². The van der Waals surface area contributed by atoms with Crippen molar-refractivity contribution in [1.29, 1.82) is 0 Å². The van der Waals surface area contributed by atoms with Crippen LogP contribution < -0.4 is 0 Å². The number of hydrogen-bond donors (Lipinski definition) is 1. The van der Waals surface area contributed by atoms with E-state index in [1.165, 1.54) is 16.6 Å². The van der Waals surface area contributed by atoms with Gasteiger partial charge in [-0.05, 0) is 42.4 Å². The lowest BCUT2D eigenvalue weighted by atomic mass is 9.99. The van der Waals surface area contributed by atoms with E-state index < -0.39 is 0 Å². The van der Waals surface area contributed by atoms with E-state index in [0.29, 0.717) is 11.8 Å². The Morgan fingerprint density at radius 2 is 1.76 bits per heavy atom. The Morgan fingerprint density at radius 3 is 2.41 bits per heavy atom. The molecule has 0 bridgehead atoms. The third-order valence-corrected chi connectivity index (χ3v) is 2.95. The fourth-order valence-electron chi connectivity index (χ4n) is 2.27. The van der Waals surface area contributed by atoms with E-state index in [-0.39, 0.29) is 0 Å². The summed E-state index contributed by atoms with van der Waals surface area (Å²) in [5, 5.41) is 8.85. The van der Waals surface area contributed by atoms with E-state index in [4.69, 9.17) is 0 Å². The number of nitrogens with one attached hydrogen (secondary N) is 1. The summed E-state index contributed by atoms with van der Waals surface area (Å²) in [7, 11) is 0. The summed E-state index contributed by atoms with van der Waals surface area (Å²) in [6.45, 7) is 9.00. The molecule has 2 nitrogen and oxygen atoms in total. The first kappa shape index (κ1) is 12.2. The average Bonchev–Trinajstić information content (AvgIpc) is 2.59. The molecule has 2 rings (SSSR count). The maximum Gasteiger partial charge on any atom is 0.0923 e. The molecule has 0 saturated heterocycles. The normalized spacial score (nSPS) is 11.9. The largest absolute Gasteiger partial charge is 0.281 e. The summed E-state index contributed by atoms with van der Waals surface area (Å²) in [5.41, 5.74) is 3.78. The molecular weight excluding hydrogens is 208 g/mol. The fraction of sp³-hybridized carbons (Fsp3) is 0.533. The van der Waals surface area contributed by atoms with Gasteiger partial charge in [0.1, 0.15) is 0 Å². The van der Waals surface area contributed by atoms with Crippen LogP contribution in [0.25, 0.3) is 10.9 Å². The van der Waals surface area contributed by atoms with Crippen molar-refractivity contribution in [3.63, 3.8) is 0 Å². The van der Waals surface area contributed by atoms with Crippen LogP contribution in [0.2, 0.25) is 0 Å². The first-order valence-electron chi connectivity index (χ1n) is 6.52. The van der Waals surface area contributed by atoms with Gasteiger partial charge in [-0.15, -0.1) is 0 Å². The molecule has 0 spiro atoms. The zero-order chi connectivity index (χ0) is 12.4. The van der Waals surface area contributed by atoms with Gasteiger partial charge in [0.25, 0.3) is 0 Å². The van der Waals surface area contributed by atoms with Crippen LogP contribution in [0.4, 0.5) is 0 Å². The van der Waals surface area contributed by atoms with Gasteiger partial charge in [0.05, 0.1) is 5.52 Å². The average molecular weight is 230 g/mol. The van der Waals surface area contributed by atoms with Crippen LogP contribution in [0.3, 0.4) is 0 Å². The lowest BCUT2D eigenvalue weighted by molar-refractivity contribution is 0.636. The molecule has 0 aliphatic heterocycles. The van der Waals surface area contributed by atoms with Crippen LogP contribution in [0, 0.1) is 11.8 Å². The minimum atomic E-state index is 0.660. The Kier molecular flexibility index (Phi) is 3.51. The predicted molar refractivity (Wildman–Crippen MR) is 73.2 cm³/mol. The van der Waals surface area contributed by atoms with Crippen LogP contribution in [0.5, 0.6) is 0 Å². The summed E-state index contributed by atoms with van der Waals surface area (Å²) >= 11 is 0. The minimum Gasteiger partial charge on any atom is -0.281 e. The summed E-state index contributed by atoms with van der Waals surface area (Å²) in [6.07, 6.45) is 2.21. The SMILES string of the molecule is CC(C)Cc1ccc2n[nH]c(CC(C)C)c2c1. The zero-order valence-electron chi connectivity index (χ0n) is 11.2. The Hall–Kier alpha value is -1.31. The molecule has 92 valence electrons. The van der Waals surface area contributed by atoms with Gasteiger partial charge < -0.3 is 0 Å². The summed E-state index contributed by atoms with van der Waals surface area (Å²) in [5.74, 6) is 1.36. The number of aromatic amines is 1. The first-order valence-corrected chi connectivity index (χ1v) is 6.52. The molecule has 0 radical (unpaired) electrons. The van der Waals surface area contributed by atoms with Gasteiger partial charge in [0.15, 0.2) is 0 Å². The van der Waals surface area contributed by atoms with Crippen molar-refractivity contribution in [3.8, 4) is 0 Å². The Bertz CT molecular complexity index is 495. The molecule has 0 unspecified atom stereocenters. The molecular formula is C15H22N2. The highest BCUT2D eigenvalue weighted by molar-refractivity contribution is 5.82. The van der Waals surface area contributed by atoms with Crippen molar-refractivity contribution in [2.45, 2.75) is 40.5 Å². The minimum absolute atomic E-state index is 0.660. The number of nitrogens with zero attached hydrogens (tertiary/aromatic N) is 1. The lowest BCUT2D eigenvalue weighted by Gasteiger charge is -2.06. The summed E-state index contributed by atoms with van der Waals surface area (Å²) < 4.78 is 0. The number of rotatable bonds is 4. The topological polar surface area (TPSA) is 28.7 Å². The van der Waals surface area contributed by atoms with E-state index >= 15 is 0 Å². The number of H-pyrrole nitrogens is 1. The lowest BCUT2D eigenvalue weighted by Crippen LogP contribution is -1.96. The molecule has 0 aliphatic carbocycles. The number of hydrogen-bond acceptors (Lipinski definition) is 1. The Morgan fingerprint density at radius 1 is 1.06 bits per heavy atom. The molecule has 0 fully saturated rings. The fourth-order valence-corrected chi connectivity index (χ4v) is 2.27. The van der Waals surface area contributed by atoms with Gasteiger partial charge in [-0.3, -0.25) is 5.10 Å². The van der Waals surface area contributed by atoms with Gasteiger partial charge in [0.2, 0.25) is 0 Å². The predicted octanol–water partition coefficient (Wildman–Crippen LogP) is 3.96. The molecule has 17 heavy (non-hydrogen) atoms. The van der Waals surface area contributed by atoms with Crippen LogP contribution in [0.1, 0.15) is 39.0 Å². The molecule has 2 heteroatoms. The third-order valence-electron chi connectivity index (χ3n) is 2.95. The Labute approximate surface area is 103 Å². The highest BCUT2D eigenvalue weighted by Crippen LogP contribution is 2.21. The maximum absolute atomic E-state index is 4.37. The summed E-state index contributed by atoms with van der Waals surface area (Å²) in [6, 6.07) is 6.63. The monoisotopic (exact) mass is 230 g/mol. The van der Waals surface area contributed by atoms with Gasteiger partial charge in [-0.1, -0.05) is 33.8 Å². The highest BCUT2D eigenvalue weighted by atomic mass is 15.1. The van der Waals surface area contributed by atoms with Crippen molar-refractivity contribution in [2.24, 2.45) is 11.8 Å². The van der Waals surface area contributed by atoms with Crippen molar-refractivity contribution >= 4 is 10.9 Å². The van der Waals surface area contributed by atoms with Crippen molar-refractivity contribution < 1.29 is 0 Å². The van der Waals surface area contributed by atoms with Gasteiger partial charge in [-0.2, -0.15) is 5.10 Å². The van der Waals surface area contributed by atoms with Gasteiger partial charge in [-0.25, -0.2) is 0 Å². The van der Waals surface area contributed by atoms with E-state index in [9.17, 15) is 0 Å². The highest BCUT2D eigenvalue weighted by Gasteiger charge is 2.08. The van der Waals surface area contributed by atoms with E-state index in [2.05, 4.69) is 56.1 Å². The number of fused-ring (bicyclic) bond motifs is 1.